The summed E-state index contributed by atoms with van der Waals surface area (Å²) in [6, 6.07) is 18.4. The first-order valence-corrected chi connectivity index (χ1v) is 21.6. The number of aryl methyl sites for hydroxylation is 2. The summed E-state index contributed by atoms with van der Waals surface area (Å²) in [4.78, 5) is 27.6. The highest BCUT2D eigenvalue weighted by molar-refractivity contribution is 7.59. The van der Waals surface area contributed by atoms with Crippen molar-refractivity contribution < 1.29 is 33.5 Å². The van der Waals surface area contributed by atoms with Crippen LogP contribution in [0.1, 0.15) is 119 Å². The van der Waals surface area contributed by atoms with E-state index >= 15 is 4.57 Å². The van der Waals surface area contributed by atoms with Gasteiger partial charge in [0.05, 0.1) is 12.2 Å². The summed E-state index contributed by atoms with van der Waals surface area (Å²) in [7, 11) is -3.94. The first-order valence-electron chi connectivity index (χ1n) is 19.7. The minimum absolute atomic E-state index is 0.188. The molecule has 0 heterocycles. The highest BCUT2D eigenvalue weighted by Crippen LogP contribution is 2.58. The van der Waals surface area contributed by atoms with E-state index in [-0.39, 0.29) is 30.7 Å². The van der Waals surface area contributed by atoms with Crippen LogP contribution >= 0.6 is 7.44 Å². The second kappa shape index (κ2) is 18.2. The van der Waals surface area contributed by atoms with Gasteiger partial charge < -0.3 is 19.3 Å². The summed E-state index contributed by atoms with van der Waals surface area (Å²) >= 11 is 0. The van der Waals surface area contributed by atoms with Crippen LogP contribution in [0.5, 0.6) is 11.5 Å². The molecule has 0 aliphatic heterocycles. The van der Waals surface area contributed by atoms with E-state index < -0.39 is 37.1 Å². The van der Waals surface area contributed by atoms with E-state index in [2.05, 4.69) is 49.2 Å². The largest absolute Gasteiger partial charge is 0.508 e. The number of rotatable bonds is 18. The Hall–Kier alpha value is -4.17. The fourth-order valence-corrected chi connectivity index (χ4v) is 9.56. The van der Waals surface area contributed by atoms with E-state index in [0.717, 1.165) is 52.7 Å². The zero-order valence-corrected chi connectivity index (χ0v) is 34.6. The summed E-state index contributed by atoms with van der Waals surface area (Å²) in [6.07, 6.45) is 8.82. The third kappa shape index (κ3) is 10.8. The molecule has 1 saturated carbocycles. The minimum atomic E-state index is -3.94. The molecule has 0 aromatic heterocycles. The standard InChI is InChI=1S/C45H59N2O7P/c1-9-35-26-37(22-32(8)39(35)24-34-20-21-42(48)38(23-34)29(2)3)52-28-55(51,46-41(43(49)53-30(4)5)25-33-16-12-10-13-17-33)47-45(44(50)54-31(6)7)27-40(45)36-18-14-11-15-19-36/h11-12,14-23,26,29-31,40-41,48H,9-10,13,24-25,27-28H2,1-8H3,(H2,46,47,51)/t40?,41-,45?,55?/m0/s1. The molecule has 0 spiro atoms. The van der Waals surface area contributed by atoms with E-state index in [1.807, 2.05) is 61.5 Å². The highest BCUT2D eigenvalue weighted by Gasteiger charge is 2.64. The molecule has 296 valence electrons. The predicted molar refractivity (Wildman–Crippen MR) is 219 cm³/mol. The molecule has 3 N–H and O–H groups in total. The molecule has 3 aromatic rings. The molecule has 55 heavy (non-hydrogen) atoms. The Morgan fingerprint density at radius 1 is 0.964 bits per heavy atom. The lowest BCUT2D eigenvalue weighted by Gasteiger charge is -2.31. The number of carbonyl (C=O) groups is 2. The Morgan fingerprint density at radius 3 is 2.33 bits per heavy atom. The van der Waals surface area contributed by atoms with Crippen molar-refractivity contribution in [2.24, 2.45) is 0 Å². The van der Waals surface area contributed by atoms with Crippen LogP contribution in [0.2, 0.25) is 0 Å². The summed E-state index contributed by atoms with van der Waals surface area (Å²) in [5.41, 5.74) is 5.83. The highest BCUT2D eigenvalue weighted by atomic mass is 31.2. The molecule has 2 aliphatic rings. The van der Waals surface area contributed by atoms with Crippen molar-refractivity contribution in [1.82, 2.24) is 10.2 Å². The van der Waals surface area contributed by atoms with E-state index in [9.17, 15) is 14.7 Å². The summed E-state index contributed by atoms with van der Waals surface area (Å²) < 4.78 is 33.4. The number of nitrogens with one attached hydrogen (secondary N) is 2. The van der Waals surface area contributed by atoms with Gasteiger partial charge in [0, 0.05) is 5.92 Å². The third-order valence-electron chi connectivity index (χ3n) is 10.2. The second-order valence-electron chi connectivity index (χ2n) is 15.8. The maximum atomic E-state index is 15.5. The van der Waals surface area contributed by atoms with Gasteiger partial charge in [-0.25, -0.2) is 10.2 Å². The topological polar surface area (TPSA) is 123 Å². The number of allylic oxidation sites excluding steroid dienone is 3. The number of hydrogen-bond donors (Lipinski definition) is 3. The minimum Gasteiger partial charge on any atom is -0.508 e. The van der Waals surface area contributed by atoms with Gasteiger partial charge in [0.2, 0.25) is 7.44 Å². The number of carbonyl (C=O) groups excluding carboxylic acids is 2. The number of aromatic hydroxyl groups is 1. The Bertz CT molecular complexity index is 1940. The number of ether oxygens (including phenoxy) is 3. The normalized spacial score (nSPS) is 19.5. The van der Waals surface area contributed by atoms with Crippen LogP contribution in [0.4, 0.5) is 0 Å². The van der Waals surface area contributed by atoms with Crippen LogP contribution in [0, 0.1) is 6.92 Å². The van der Waals surface area contributed by atoms with E-state index in [0.29, 0.717) is 24.3 Å². The number of phenols is 1. The monoisotopic (exact) mass is 770 g/mol. The van der Waals surface area contributed by atoms with Crippen molar-refractivity contribution in [3.8, 4) is 11.5 Å². The molecule has 5 rings (SSSR count). The van der Waals surface area contributed by atoms with Gasteiger partial charge in [-0.05, 0) is 131 Å². The maximum absolute atomic E-state index is 15.5. The van der Waals surface area contributed by atoms with Gasteiger partial charge in [-0.3, -0.25) is 14.2 Å². The smallest absolute Gasteiger partial charge is 0.327 e. The van der Waals surface area contributed by atoms with Crippen LogP contribution in [0.15, 0.2) is 84.5 Å². The molecule has 1 fully saturated rings. The summed E-state index contributed by atoms with van der Waals surface area (Å²) in [5.74, 6) is -0.314. The lowest BCUT2D eigenvalue weighted by Crippen LogP contribution is -2.48. The first kappa shape index (κ1) is 42.0. The maximum Gasteiger partial charge on any atom is 0.327 e. The van der Waals surface area contributed by atoms with E-state index in [1.54, 1.807) is 33.8 Å². The van der Waals surface area contributed by atoms with Crippen molar-refractivity contribution in [1.29, 1.82) is 0 Å². The van der Waals surface area contributed by atoms with Gasteiger partial charge in [0.25, 0.3) is 0 Å². The lowest BCUT2D eigenvalue weighted by atomic mass is 9.91. The van der Waals surface area contributed by atoms with Crippen molar-refractivity contribution >= 4 is 19.4 Å². The summed E-state index contributed by atoms with van der Waals surface area (Å²) in [6.45, 7) is 15.4. The van der Waals surface area contributed by atoms with Gasteiger partial charge >= 0.3 is 11.9 Å². The Labute approximate surface area is 327 Å². The number of phenolic OH excluding ortho intramolecular Hbond substituents is 1. The Balaban J connectivity index is 1.49. The van der Waals surface area contributed by atoms with E-state index in [4.69, 9.17) is 14.2 Å². The molecular weight excluding hydrogens is 711 g/mol. The van der Waals surface area contributed by atoms with Gasteiger partial charge in [-0.2, -0.15) is 0 Å². The number of hydrogen-bond acceptors (Lipinski definition) is 7. The number of benzene rings is 3. The van der Waals surface area contributed by atoms with Crippen LogP contribution in [-0.2, 0) is 36.5 Å². The number of esters is 2. The zero-order valence-electron chi connectivity index (χ0n) is 33.7. The molecule has 3 aromatic carbocycles. The molecule has 0 saturated heterocycles. The van der Waals surface area contributed by atoms with Gasteiger partial charge in [-0.15, -0.1) is 0 Å². The third-order valence-corrected chi connectivity index (χ3v) is 12.2. The molecule has 0 radical (unpaired) electrons. The molecule has 4 atom stereocenters. The Kier molecular flexibility index (Phi) is 13.9. The molecule has 2 aliphatic carbocycles. The van der Waals surface area contributed by atoms with Crippen LogP contribution in [0.25, 0.3) is 0 Å². The summed E-state index contributed by atoms with van der Waals surface area (Å²) in [5, 5.41) is 16.8. The predicted octanol–water partition coefficient (Wildman–Crippen LogP) is 9.55. The fraction of sp³-hybridized carbons (Fsp3) is 0.467. The lowest BCUT2D eigenvalue weighted by molar-refractivity contribution is -0.151. The molecular formula is C45H59N2O7P. The second-order valence-corrected chi connectivity index (χ2v) is 18.0. The average molecular weight is 771 g/mol. The molecule has 9 nitrogen and oxygen atoms in total. The van der Waals surface area contributed by atoms with Crippen LogP contribution in [0.3, 0.4) is 0 Å². The SMILES string of the molecule is CCc1cc(OCP(=O)(N[C@@H](CC2=CCCC=C2)C(=O)OC(C)C)NC2(C(=O)OC(C)C)CC2c2ccccc2)cc(C)c1Cc1ccc(O)c(C(C)C)c1. The fourth-order valence-electron chi connectivity index (χ4n) is 7.34. The van der Waals surface area contributed by atoms with Gasteiger partial charge in [0.15, 0.2) is 6.35 Å². The molecule has 10 heteroatoms. The van der Waals surface area contributed by atoms with Crippen molar-refractivity contribution in [2.75, 3.05) is 6.35 Å². The molecule has 0 bridgehead atoms. The van der Waals surface area contributed by atoms with E-state index in [1.165, 1.54) is 5.56 Å². The van der Waals surface area contributed by atoms with Gasteiger partial charge in [0.1, 0.15) is 23.1 Å². The average Bonchev–Trinajstić information content (AvgIpc) is 3.87. The van der Waals surface area contributed by atoms with Crippen LogP contribution < -0.4 is 14.9 Å². The Morgan fingerprint density at radius 2 is 1.69 bits per heavy atom. The first-order chi connectivity index (χ1) is 26.1. The van der Waals surface area contributed by atoms with Crippen molar-refractivity contribution in [3.63, 3.8) is 0 Å². The molecule has 3 unspecified atom stereocenters. The molecule has 0 amide bonds. The van der Waals surface area contributed by atoms with Crippen molar-refractivity contribution in [2.45, 2.75) is 130 Å². The van der Waals surface area contributed by atoms with Crippen molar-refractivity contribution in [3.05, 3.63) is 118 Å². The van der Waals surface area contributed by atoms with Crippen LogP contribution in [-0.4, -0.2) is 47.2 Å². The zero-order chi connectivity index (χ0) is 39.9. The quantitative estimate of drug-likeness (QED) is 0.0858. The van der Waals surface area contributed by atoms with Gasteiger partial charge in [-0.1, -0.05) is 87.0 Å².